The zero-order chi connectivity index (χ0) is 14.0. The van der Waals surface area contributed by atoms with Crippen molar-refractivity contribution in [1.29, 1.82) is 0 Å². The summed E-state index contributed by atoms with van der Waals surface area (Å²) in [6, 6.07) is 5.74. The topological polar surface area (TPSA) is 55.6 Å². The molecule has 0 bridgehead atoms. The highest BCUT2D eigenvalue weighted by Crippen LogP contribution is 2.28. The lowest BCUT2D eigenvalue weighted by molar-refractivity contribution is 0.0507. The summed E-state index contributed by atoms with van der Waals surface area (Å²) in [7, 11) is 1.57. The smallest absolute Gasteiger partial charge is 0.258 e. The van der Waals surface area contributed by atoms with Gasteiger partial charge in [-0.1, -0.05) is 0 Å². The van der Waals surface area contributed by atoms with E-state index in [2.05, 4.69) is 13.8 Å². The van der Waals surface area contributed by atoms with E-state index >= 15 is 0 Å². The summed E-state index contributed by atoms with van der Waals surface area (Å²) in [4.78, 5) is 14.7. The maximum absolute atomic E-state index is 12.7. The van der Waals surface area contributed by atoms with Crippen molar-refractivity contribution in [3.63, 3.8) is 0 Å². The van der Waals surface area contributed by atoms with Crippen molar-refractivity contribution in [3.8, 4) is 5.75 Å². The van der Waals surface area contributed by atoms with E-state index < -0.39 is 0 Å². The molecule has 2 N–H and O–H groups in total. The molecule has 0 aliphatic carbocycles. The molecule has 0 unspecified atom stereocenters. The maximum atomic E-state index is 12.7. The minimum atomic E-state index is 0.0175. The van der Waals surface area contributed by atoms with E-state index in [9.17, 15) is 4.79 Å². The third-order valence-electron chi connectivity index (χ3n) is 3.88. The van der Waals surface area contributed by atoms with Gasteiger partial charge in [0.05, 0.1) is 12.7 Å². The van der Waals surface area contributed by atoms with Crippen molar-refractivity contribution in [3.05, 3.63) is 23.8 Å². The molecule has 1 saturated heterocycles. The molecule has 2 atom stereocenters. The van der Waals surface area contributed by atoms with E-state index in [0.29, 0.717) is 17.0 Å². The van der Waals surface area contributed by atoms with Crippen LogP contribution in [0.2, 0.25) is 0 Å². The van der Waals surface area contributed by atoms with E-state index in [1.165, 1.54) is 6.42 Å². The molecule has 1 aromatic rings. The monoisotopic (exact) mass is 262 g/mol. The molecule has 19 heavy (non-hydrogen) atoms. The molecule has 2 rings (SSSR count). The van der Waals surface area contributed by atoms with Crippen molar-refractivity contribution in [2.45, 2.75) is 45.2 Å². The van der Waals surface area contributed by atoms with Crippen LogP contribution in [-0.4, -0.2) is 30.0 Å². The number of rotatable bonds is 2. The largest absolute Gasteiger partial charge is 0.496 e. The van der Waals surface area contributed by atoms with Gasteiger partial charge in [0.2, 0.25) is 0 Å². The average Bonchev–Trinajstić information content (AvgIpc) is 2.38. The first-order valence-electron chi connectivity index (χ1n) is 6.80. The Bertz CT molecular complexity index is 463. The van der Waals surface area contributed by atoms with Gasteiger partial charge in [-0.2, -0.15) is 0 Å². The fraction of sp³-hybridized carbons (Fsp3) is 0.533. The molecule has 1 aliphatic rings. The first-order chi connectivity index (χ1) is 9.04. The zero-order valence-corrected chi connectivity index (χ0v) is 11.8. The van der Waals surface area contributed by atoms with Gasteiger partial charge in [0, 0.05) is 17.8 Å². The Morgan fingerprint density at radius 1 is 1.32 bits per heavy atom. The number of hydrogen-bond acceptors (Lipinski definition) is 3. The first kappa shape index (κ1) is 13.7. The zero-order valence-electron chi connectivity index (χ0n) is 11.8. The van der Waals surface area contributed by atoms with Crippen LogP contribution in [0.1, 0.15) is 43.5 Å². The summed E-state index contributed by atoms with van der Waals surface area (Å²) in [6.45, 7) is 4.21. The minimum Gasteiger partial charge on any atom is -0.496 e. The number of carbonyl (C=O) groups is 1. The Hall–Kier alpha value is -1.71. The molecule has 1 aliphatic heterocycles. The lowest BCUT2D eigenvalue weighted by Crippen LogP contribution is -2.47. The van der Waals surface area contributed by atoms with Crippen LogP contribution < -0.4 is 10.5 Å². The highest BCUT2D eigenvalue weighted by atomic mass is 16.5. The van der Waals surface area contributed by atoms with Crippen LogP contribution in [0.4, 0.5) is 5.69 Å². The fourth-order valence-electron chi connectivity index (χ4n) is 2.85. The standard InChI is InChI=1S/C15H22N2O2/c1-10-5-4-6-11(2)17(10)15(18)13-9-12(16)7-8-14(13)19-3/h7-11H,4-6,16H2,1-3H3/t10-,11-/m1/s1. The van der Waals surface area contributed by atoms with Gasteiger partial charge >= 0.3 is 0 Å². The number of hydrogen-bond donors (Lipinski definition) is 1. The van der Waals surface area contributed by atoms with Crippen molar-refractivity contribution in [1.82, 2.24) is 4.90 Å². The summed E-state index contributed by atoms with van der Waals surface area (Å²) in [6.07, 6.45) is 3.29. The van der Waals surface area contributed by atoms with Gasteiger partial charge in [-0.15, -0.1) is 0 Å². The Labute approximate surface area is 114 Å². The number of likely N-dealkylation sites (tertiary alicyclic amines) is 1. The maximum Gasteiger partial charge on any atom is 0.258 e. The first-order valence-corrected chi connectivity index (χ1v) is 6.80. The van der Waals surface area contributed by atoms with E-state index in [1.54, 1.807) is 25.3 Å². The van der Waals surface area contributed by atoms with Gasteiger partial charge in [0.25, 0.3) is 5.91 Å². The van der Waals surface area contributed by atoms with E-state index in [0.717, 1.165) is 12.8 Å². The van der Waals surface area contributed by atoms with Gasteiger partial charge in [0.1, 0.15) is 5.75 Å². The molecule has 0 aromatic heterocycles. The van der Waals surface area contributed by atoms with Crippen LogP contribution in [0.15, 0.2) is 18.2 Å². The lowest BCUT2D eigenvalue weighted by atomic mass is 9.96. The molecule has 0 radical (unpaired) electrons. The summed E-state index contributed by atoms with van der Waals surface area (Å²) < 4.78 is 5.28. The second kappa shape index (κ2) is 5.51. The number of anilines is 1. The van der Waals surface area contributed by atoms with Crippen LogP contribution in [0.3, 0.4) is 0 Å². The molecule has 1 fully saturated rings. The van der Waals surface area contributed by atoms with Crippen LogP contribution >= 0.6 is 0 Å². The minimum absolute atomic E-state index is 0.0175. The van der Waals surface area contributed by atoms with E-state index in [1.807, 2.05) is 4.90 Å². The molecule has 104 valence electrons. The number of nitrogens with zero attached hydrogens (tertiary/aromatic N) is 1. The van der Waals surface area contributed by atoms with Crippen LogP contribution in [-0.2, 0) is 0 Å². The van der Waals surface area contributed by atoms with Crippen molar-refractivity contribution < 1.29 is 9.53 Å². The Morgan fingerprint density at radius 3 is 2.53 bits per heavy atom. The highest BCUT2D eigenvalue weighted by Gasteiger charge is 2.31. The van der Waals surface area contributed by atoms with Crippen molar-refractivity contribution in [2.75, 3.05) is 12.8 Å². The average molecular weight is 262 g/mol. The Morgan fingerprint density at radius 2 is 1.95 bits per heavy atom. The number of nitrogens with two attached hydrogens (primary N) is 1. The SMILES string of the molecule is COc1ccc(N)cc1C(=O)N1[C@H](C)CCC[C@H]1C. The lowest BCUT2D eigenvalue weighted by Gasteiger charge is -2.39. The molecule has 4 heteroatoms. The third kappa shape index (κ3) is 2.67. The van der Waals surface area contributed by atoms with Gasteiger partial charge < -0.3 is 15.4 Å². The highest BCUT2D eigenvalue weighted by molar-refractivity contribution is 5.98. The molecular weight excluding hydrogens is 240 g/mol. The summed E-state index contributed by atoms with van der Waals surface area (Å²) in [5.74, 6) is 0.605. The normalized spacial score (nSPS) is 23.2. The van der Waals surface area contributed by atoms with Gasteiger partial charge in [0.15, 0.2) is 0 Å². The molecule has 0 spiro atoms. The van der Waals surface area contributed by atoms with Crippen LogP contribution in [0.5, 0.6) is 5.75 Å². The summed E-state index contributed by atoms with van der Waals surface area (Å²) in [5.41, 5.74) is 6.94. The van der Waals surface area contributed by atoms with Crippen LogP contribution in [0, 0.1) is 0 Å². The Kier molecular flexibility index (Phi) is 3.98. The molecule has 4 nitrogen and oxygen atoms in total. The second-order valence-corrected chi connectivity index (χ2v) is 5.30. The molecule has 1 amide bonds. The van der Waals surface area contributed by atoms with Crippen molar-refractivity contribution >= 4 is 11.6 Å². The van der Waals surface area contributed by atoms with Gasteiger partial charge in [-0.25, -0.2) is 0 Å². The summed E-state index contributed by atoms with van der Waals surface area (Å²) >= 11 is 0. The van der Waals surface area contributed by atoms with Crippen molar-refractivity contribution in [2.24, 2.45) is 0 Å². The van der Waals surface area contributed by atoms with E-state index in [-0.39, 0.29) is 18.0 Å². The number of piperidine rings is 1. The van der Waals surface area contributed by atoms with Gasteiger partial charge in [-0.3, -0.25) is 4.79 Å². The fourth-order valence-corrected chi connectivity index (χ4v) is 2.85. The Balaban J connectivity index is 2.35. The van der Waals surface area contributed by atoms with E-state index in [4.69, 9.17) is 10.5 Å². The van der Waals surface area contributed by atoms with Crippen LogP contribution in [0.25, 0.3) is 0 Å². The summed E-state index contributed by atoms with van der Waals surface area (Å²) in [5, 5.41) is 0. The molecule has 1 aromatic carbocycles. The number of amides is 1. The molecule has 1 heterocycles. The predicted octanol–water partition coefficient (Wildman–Crippen LogP) is 2.68. The number of nitrogen functional groups attached to an aromatic ring is 1. The quantitative estimate of drug-likeness (QED) is 0.834. The number of methoxy groups -OCH3 is 1. The number of benzene rings is 1. The molecular formula is C15H22N2O2. The number of ether oxygens (including phenoxy) is 1. The van der Waals surface area contributed by atoms with Gasteiger partial charge in [-0.05, 0) is 51.3 Å². The molecule has 0 saturated carbocycles. The third-order valence-corrected chi connectivity index (χ3v) is 3.88. The predicted molar refractivity (Wildman–Crippen MR) is 76.4 cm³/mol. The number of carbonyl (C=O) groups excluding carboxylic acids is 1. The second-order valence-electron chi connectivity index (χ2n) is 5.30.